The highest BCUT2D eigenvalue weighted by atomic mass is 79.9. The van der Waals surface area contributed by atoms with Gasteiger partial charge in [0, 0.05) is 16.3 Å². The number of halogens is 2. The zero-order valence-corrected chi connectivity index (χ0v) is 21.8. The van der Waals surface area contributed by atoms with Crippen LogP contribution in [0, 0.1) is 18.3 Å². The van der Waals surface area contributed by atoms with Crippen molar-refractivity contribution in [2.24, 2.45) is 5.10 Å². The number of carbonyl (C=O) groups is 2. The van der Waals surface area contributed by atoms with Crippen molar-refractivity contribution in [1.82, 2.24) is 5.43 Å². The number of hydrogen-bond acceptors (Lipinski definition) is 6. The average Bonchev–Trinajstić information content (AvgIpc) is 2.85. The molecule has 0 radical (unpaired) electrons. The first-order valence-corrected chi connectivity index (χ1v) is 11.8. The molecular formula is C26H22BrClN4O4. The topological polar surface area (TPSA) is 113 Å². The van der Waals surface area contributed by atoms with E-state index in [1.165, 1.54) is 13.3 Å². The Kier molecular flexibility index (Phi) is 9.45. The van der Waals surface area contributed by atoms with Crippen molar-refractivity contribution in [1.29, 1.82) is 5.26 Å². The molecule has 0 unspecified atom stereocenters. The van der Waals surface area contributed by atoms with E-state index in [4.69, 9.17) is 21.1 Å². The minimum Gasteiger partial charge on any atom is -0.493 e. The van der Waals surface area contributed by atoms with E-state index in [-0.39, 0.29) is 6.61 Å². The summed E-state index contributed by atoms with van der Waals surface area (Å²) in [5.74, 6) is -0.183. The quantitative estimate of drug-likeness (QED) is 0.205. The lowest BCUT2D eigenvalue weighted by Gasteiger charge is -2.14. The van der Waals surface area contributed by atoms with Crippen molar-refractivity contribution in [3.05, 3.63) is 86.3 Å². The average molecular weight is 570 g/mol. The summed E-state index contributed by atoms with van der Waals surface area (Å²) in [6.07, 6.45) is 1.00. The highest BCUT2D eigenvalue weighted by Gasteiger charge is 2.13. The molecule has 0 saturated carbocycles. The first kappa shape index (κ1) is 26.7. The predicted octanol–water partition coefficient (Wildman–Crippen LogP) is 5.35. The van der Waals surface area contributed by atoms with Crippen molar-refractivity contribution in [3.8, 4) is 17.6 Å². The summed E-state index contributed by atoms with van der Waals surface area (Å²) >= 11 is 9.51. The van der Waals surface area contributed by atoms with Gasteiger partial charge >= 0.3 is 0 Å². The molecule has 0 fully saturated rings. The van der Waals surface area contributed by atoms with Gasteiger partial charge in [0.25, 0.3) is 0 Å². The number of benzene rings is 3. The van der Waals surface area contributed by atoms with Crippen LogP contribution in [-0.4, -0.2) is 25.1 Å². The van der Waals surface area contributed by atoms with Crippen LogP contribution in [-0.2, 0) is 16.2 Å². The number of carbonyl (C=O) groups excluding carboxylic acids is 2. The third-order valence-corrected chi connectivity index (χ3v) is 5.94. The molecule has 2 amide bonds. The molecule has 184 valence electrons. The summed E-state index contributed by atoms with van der Waals surface area (Å²) in [6, 6.07) is 17.8. The number of rotatable bonds is 9. The molecule has 0 aliphatic rings. The Balaban J connectivity index is 1.58. The van der Waals surface area contributed by atoms with Crippen LogP contribution in [0.1, 0.15) is 28.7 Å². The highest BCUT2D eigenvalue weighted by molar-refractivity contribution is 9.10. The van der Waals surface area contributed by atoms with Crippen LogP contribution in [0.3, 0.4) is 0 Å². The van der Waals surface area contributed by atoms with Gasteiger partial charge in [-0.15, -0.1) is 0 Å². The molecular weight excluding hydrogens is 548 g/mol. The van der Waals surface area contributed by atoms with Gasteiger partial charge in [0.1, 0.15) is 13.0 Å². The molecule has 0 aromatic heterocycles. The van der Waals surface area contributed by atoms with Crippen LogP contribution in [0.25, 0.3) is 0 Å². The maximum Gasteiger partial charge on any atom is 0.249 e. The molecule has 10 heteroatoms. The van der Waals surface area contributed by atoms with Gasteiger partial charge in [-0.2, -0.15) is 10.4 Å². The Labute approximate surface area is 222 Å². The third-order valence-electron chi connectivity index (χ3n) is 4.94. The molecule has 0 atom stereocenters. The van der Waals surface area contributed by atoms with Gasteiger partial charge < -0.3 is 14.8 Å². The second-order valence-corrected chi connectivity index (χ2v) is 8.84. The summed E-state index contributed by atoms with van der Waals surface area (Å²) in [7, 11) is 1.50. The van der Waals surface area contributed by atoms with Gasteiger partial charge in [0.05, 0.1) is 29.4 Å². The molecule has 8 nitrogen and oxygen atoms in total. The number of nitrogens with one attached hydrogen (secondary N) is 2. The molecule has 3 aromatic rings. The summed E-state index contributed by atoms with van der Waals surface area (Å²) in [5.41, 5.74) is 5.60. The number of methoxy groups -OCH3 is 1. The van der Waals surface area contributed by atoms with E-state index in [9.17, 15) is 14.9 Å². The molecule has 3 aromatic carbocycles. The summed E-state index contributed by atoms with van der Waals surface area (Å²) in [6.45, 7) is 2.03. The number of nitriles is 1. The van der Waals surface area contributed by atoms with E-state index in [0.29, 0.717) is 37.8 Å². The van der Waals surface area contributed by atoms with Crippen molar-refractivity contribution in [3.63, 3.8) is 0 Å². The van der Waals surface area contributed by atoms with E-state index < -0.39 is 18.2 Å². The van der Waals surface area contributed by atoms with Crippen molar-refractivity contribution in [2.75, 3.05) is 12.4 Å². The number of anilines is 1. The van der Waals surface area contributed by atoms with Crippen LogP contribution in [0.2, 0.25) is 5.02 Å². The number of aryl methyl sites for hydroxylation is 1. The molecule has 2 N–H and O–H groups in total. The van der Waals surface area contributed by atoms with Crippen LogP contribution in [0.5, 0.6) is 11.5 Å². The minimum atomic E-state index is -0.580. The summed E-state index contributed by atoms with van der Waals surface area (Å²) in [4.78, 5) is 24.2. The van der Waals surface area contributed by atoms with Crippen LogP contribution in [0.4, 0.5) is 5.69 Å². The normalized spacial score (nSPS) is 10.5. The van der Waals surface area contributed by atoms with Crippen LogP contribution < -0.4 is 20.2 Å². The molecule has 0 saturated heterocycles. The summed E-state index contributed by atoms with van der Waals surface area (Å²) in [5, 5.41) is 16.3. The summed E-state index contributed by atoms with van der Waals surface area (Å²) < 4.78 is 11.9. The lowest BCUT2D eigenvalue weighted by Crippen LogP contribution is -2.24. The first-order chi connectivity index (χ1) is 17.3. The SMILES string of the molecule is COc1cc(C=NNC(=O)CC(=O)Nc2ccc(C)c(Cl)c2)cc(Br)c1OCc1ccccc1C#N. The van der Waals surface area contributed by atoms with E-state index in [0.717, 1.165) is 11.1 Å². The number of hydrazone groups is 1. The predicted molar refractivity (Wildman–Crippen MR) is 141 cm³/mol. The second-order valence-electron chi connectivity index (χ2n) is 7.57. The molecule has 0 aliphatic carbocycles. The fourth-order valence-corrected chi connectivity index (χ4v) is 3.85. The van der Waals surface area contributed by atoms with Crippen molar-refractivity contribution < 1.29 is 19.1 Å². The number of amides is 2. The first-order valence-electron chi connectivity index (χ1n) is 10.7. The Morgan fingerprint density at radius 1 is 1.17 bits per heavy atom. The number of hydrogen-bond donors (Lipinski definition) is 2. The Hall–Kier alpha value is -3.87. The number of ether oxygens (including phenoxy) is 2. The monoisotopic (exact) mass is 568 g/mol. The standard InChI is InChI=1S/C26H22BrClN4O4/c1-16-7-8-20(11-22(16)28)31-24(33)12-25(34)32-30-14-17-9-21(27)26(23(10-17)35-2)36-15-19-6-4-3-5-18(19)13-29/h3-11,14H,12,15H2,1-2H3,(H,31,33)(H,32,34). The Morgan fingerprint density at radius 2 is 1.94 bits per heavy atom. The molecule has 0 heterocycles. The minimum absolute atomic E-state index is 0.180. The van der Waals surface area contributed by atoms with Gasteiger partial charge in [-0.3, -0.25) is 9.59 Å². The lowest BCUT2D eigenvalue weighted by atomic mass is 10.1. The highest BCUT2D eigenvalue weighted by Crippen LogP contribution is 2.37. The fourth-order valence-electron chi connectivity index (χ4n) is 3.10. The number of nitrogens with zero attached hydrogens (tertiary/aromatic N) is 2. The zero-order chi connectivity index (χ0) is 26.1. The van der Waals surface area contributed by atoms with Crippen LogP contribution in [0.15, 0.2) is 64.2 Å². The molecule has 0 bridgehead atoms. The maximum absolute atomic E-state index is 12.1. The third kappa shape index (κ3) is 7.31. The molecule has 36 heavy (non-hydrogen) atoms. The van der Waals surface area contributed by atoms with Crippen LogP contribution >= 0.6 is 27.5 Å². The van der Waals surface area contributed by atoms with E-state index >= 15 is 0 Å². The van der Waals surface area contributed by atoms with E-state index in [2.05, 4.69) is 37.8 Å². The zero-order valence-electron chi connectivity index (χ0n) is 19.5. The molecule has 0 spiro atoms. The maximum atomic E-state index is 12.1. The lowest BCUT2D eigenvalue weighted by molar-refractivity contribution is -0.126. The fraction of sp³-hybridized carbons (Fsp3) is 0.154. The van der Waals surface area contributed by atoms with Crippen molar-refractivity contribution >= 4 is 51.2 Å². The largest absolute Gasteiger partial charge is 0.493 e. The van der Waals surface area contributed by atoms with Gasteiger partial charge in [0.2, 0.25) is 11.8 Å². The Bertz CT molecular complexity index is 1350. The van der Waals surface area contributed by atoms with E-state index in [1.54, 1.807) is 42.5 Å². The Morgan fingerprint density at radius 3 is 2.67 bits per heavy atom. The second kappa shape index (κ2) is 12.7. The van der Waals surface area contributed by atoms with Gasteiger partial charge in [-0.05, 0) is 64.3 Å². The van der Waals surface area contributed by atoms with Gasteiger partial charge in [-0.1, -0.05) is 35.9 Å². The molecule has 0 aliphatic heterocycles. The smallest absolute Gasteiger partial charge is 0.249 e. The molecule has 3 rings (SSSR count). The van der Waals surface area contributed by atoms with Crippen molar-refractivity contribution in [2.45, 2.75) is 20.0 Å². The van der Waals surface area contributed by atoms with E-state index in [1.807, 2.05) is 19.1 Å². The van der Waals surface area contributed by atoms with Gasteiger partial charge in [0.15, 0.2) is 11.5 Å². The van der Waals surface area contributed by atoms with Gasteiger partial charge in [-0.25, -0.2) is 5.43 Å².